The zero-order chi connectivity index (χ0) is 20.4. The van der Waals surface area contributed by atoms with E-state index in [4.69, 9.17) is 9.47 Å². The third-order valence-corrected chi connectivity index (χ3v) is 6.17. The van der Waals surface area contributed by atoms with E-state index in [0.717, 1.165) is 33.3 Å². The van der Waals surface area contributed by atoms with Gasteiger partial charge in [-0.1, -0.05) is 24.3 Å². The van der Waals surface area contributed by atoms with Gasteiger partial charge in [0.15, 0.2) is 17.3 Å². The Balaban J connectivity index is 1.85. The second-order valence-electron chi connectivity index (χ2n) is 8.56. The molecule has 5 nitrogen and oxygen atoms in total. The molecule has 3 heterocycles. The maximum Gasteiger partial charge on any atom is 0.231 e. The van der Waals surface area contributed by atoms with Crippen LogP contribution in [0.1, 0.15) is 32.8 Å². The minimum atomic E-state index is -0.717. The van der Waals surface area contributed by atoms with E-state index in [1.807, 2.05) is 45.2 Å². The average Bonchev–Trinajstić information content (AvgIpc) is 3.36. The molecule has 0 bridgehead atoms. The van der Waals surface area contributed by atoms with Gasteiger partial charge in [-0.15, -0.1) is 6.58 Å². The highest BCUT2D eigenvalue weighted by atomic mass is 16.7. The van der Waals surface area contributed by atoms with Crippen molar-refractivity contribution >= 4 is 22.4 Å². The van der Waals surface area contributed by atoms with Crippen molar-refractivity contribution in [2.75, 3.05) is 12.1 Å². The molecular weight excluding hydrogens is 364 g/mol. The normalized spacial score (nSPS) is 21.7. The first kappa shape index (κ1) is 17.9. The smallest absolute Gasteiger partial charge is 0.231 e. The fraction of sp³-hybridized carbons (Fsp3) is 0.292. The molecule has 0 fully saturated rings. The van der Waals surface area contributed by atoms with Gasteiger partial charge in [-0.2, -0.15) is 0 Å². The largest absolute Gasteiger partial charge is 0.453 e. The Morgan fingerprint density at radius 3 is 2.72 bits per heavy atom. The van der Waals surface area contributed by atoms with Gasteiger partial charge in [0.05, 0.1) is 22.2 Å². The minimum absolute atomic E-state index is 0.139. The van der Waals surface area contributed by atoms with Crippen LogP contribution in [0.5, 0.6) is 11.5 Å². The molecule has 148 valence electrons. The number of aromatic nitrogens is 1. The number of Topliss-reactive ketones (excluding diaryl/α,β-unsaturated/α-hetero) is 1. The number of hydrogen-bond donors (Lipinski definition) is 2. The summed E-state index contributed by atoms with van der Waals surface area (Å²) in [4.78, 5) is 16.8. The van der Waals surface area contributed by atoms with E-state index < -0.39 is 11.0 Å². The predicted molar refractivity (Wildman–Crippen MR) is 115 cm³/mol. The van der Waals surface area contributed by atoms with Crippen molar-refractivity contribution in [1.82, 2.24) is 4.98 Å². The summed E-state index contributed by atoms with van der Waals surface area (Å²) >= 11 is 0. The molecule has 2 aliphatic rings. The summed E-state index contributed by atoms with van der Waals surface area (Å²) in [5.41, 5.74) is 3.32. The predicted octanol–water partition coefficient (Wildman–Crippen LogP) is 5.17. The molecule has 1 aromatic heterocycles. The molecule has 2 aliphatic heterocycles. The number of H-pyrrole nitrogens is 1. The summed E-state index contributed by atoms with van der Waals surface area (Å²) in [7, 11) is 0. The van der Waals surface area contributed by atoms with Crippen LogP contribution in [0.2, 0.25) is 0 Å². The van der Waals surface area contributed by atoms with E-state index in [1.165, 1.54) is 0 Å². The summed E-state index contributed by atoms with van der Waals surface area (Å²) in [5, 5.41) is 4.54. The number of anilines is 1. The Kier molecular flexibility index (Phi) is 3.63. The minimum Gasteiger partial charge on any atom is -0.453 e. The Labute approximate surface area is 169 Å². The maximum absolute atomic E-state index is 13.5. The maximum atomic E-state index is 13.5. The van der Waals surface area contributed by atoms with Crippen molar-refractivity contribution < 1.29 is 14.3 Å². The fourth-order valence-electron chi connectivity index (χ4n) is 4.81. The van der Waals surface area contributed by atoms with Crippen LogP contribution in [0.15, 0.2) is 49.2 Å². The highest BCUT2D eigenvalue weighted by Crippen LogP contribution is 2.55. The van der Waals surface area contributed by atoms with Crippen LogP contribution in [0, 0.1) is 0 Å². The number of allylic oxidation sites excluding steroid dienone is 1. The molecule has 0 radical (unpaired) electrons. The topological polar surface area (TPSA) is 63.4 Å². The van der Waals surface area contributed by atoms with Gasteiger partial charge >= 0.3 is 0 Å². The van der Waals surface area contributed by atoms with Gasteiger partial charge in [-0.3, -0.25) is 4.79 Å². The van der Waals surface area contributed by atoms with Crippen molar-refractivity contribution in [2.24, 2.45) is 0 Å². The van der Waals surface area contributed by atoms with Gasteiger partial charge in [-0.25, -0.2) is 0 Å². The van der Waals surface area contributed by atoms with Crippen molar-refractivity contribution in [3.05, 3.63) is 54.7 Å². The number of hydrogen-bond acceptors (Lipinski definition) is 4. The van der Waals surface area contributed by atoms with E-state index in [0.29, 0.717) is 17.9 Å². The van der Waals surface area contributed by atoms with E-state index >= 15 is 0 Å². The highest BCUT2D eigenvalue weighted by molar-refractivity contribution is 6.06. The standard InChI is InChI=1S/C24H24N2O3/c1-5-10-24(4)17-12-16(15-8-6-7-14-9-11-25-18(14)15)20-21(29-13-28-20)19(17)26-23(2,3)22(24)27/h5-9,11-12,25-26H,1,10,13H2,2-4H3. The van der Waals surface area contributed by atoms with Crippen molar-refractivity contribution in [2.45, 2.75) is 38.1 Å². The Bertz CT molecular complexity index is 1170. The van der Waals surface area contributed by atoms with Gasteiger partial charge in [0.1, 0.15) is 0 Å². The summed E-state index contributed by atoms with van der Waals surface area (Å²) in [5.74, 6) is 1.53. The first-order valence-corrected chi connectivity index (χ1v) is 9.84. The van der Waals surface area contributed by atoms with Gasteiger partial charge < -0.3 is 19.8 Å². The summed E-state index contributed by atoms with van der Waals surface area (Å²) < 4.78 is 11.8. The third-order valence-electron chi connectivity index (χ3n) is 6.17. The molecule has 29 heavy (non-hydrogen) atoms. The lowest BCUT2D eigenvalue weighted by Gasteiger charge is -2.44. The molecule has 0 aliphatic carbocycles. The van der Waals surface area contributed by atoms with Crippen LogP contribution >= 0.6 is 0 Å². The molecular formula is C24H24N2O3. The lowest BCUT2D eigenvalue weighted by molar-refractivity contribution is -0.128. The molecule has 2 N–H and O–H groups in total. The SMILES string of the molecule is C=CCC1(C)C(=O)C(C)(C)Nc2c1cc(-c1cccc3cc[nH]c13)c1c2OCO1. The molecule has 0 spiro atoms. The molecule has 5 rings (SSSR count). The number of para-hydroxylation sites is 1. The number of benzene rings is 2. The second kappa shape index (κ2) is 5.89. The van der Waals surface area contributed by atoms with Crippen molar-refractivity contribution in [3.8, 4) is 22.6 Å². The number of aromatic amines is 1. The lowest BCUT2D eigenvalue weighted by Crippen LogP contribution is -2.54. The first-order chi connectivity index (χ1) is 13.9. The molecule has 0 saturated carbocycles. The molecule has 3 aromatic rings. The number of carbonyl (C=O) groups is 1. The Morgan fingerprint density at radius 2 is 1.93 bits per heavy atom. The van der Waals surface area contributed by atoms with Gasteiger partial charge in [-0.05, 0) is 50.3 Å². The molecule has 0 amide bonds. The van der Waals surface area contributed by atoms with Crippen LogP contribution in [-0.4, -0.2) is 23.1 Å². The van der Waals surface area contributed by atoms with Gasteiger partial charge in [0.2, 0.25) is 6.79 Å². The van der Waals surface area contributed by atoms with Crippen LogP contribution in [-0.2, 0) is 10.2 Å². The van der Waals surface area contributed by atoms with E-state index in [-0.39, 0.29) is 12.6 Å². The highest BCUT2D eigenvalue weighted by Gasteiger charge is 2.50. The summed E-state index contributed by atoms with van der Waals surface area (Å²) in [6.45, 7) is 9.89. The number of fused-ring (bicyclic) bond motifs is 4. The van der Waals surface area contributed by atoms with Crippen molar-refractivity contribution in [3.63, 3.8) is 0 Å². The van der Waals surface area contributed by atoms with Crippen LogP contribution < -0.4 is 14.8 Å². The number of carbonyl (C=O) groups excluding carboxylic acids is 1. The Hall–Kier alpha value is -3.21. The summed E-state index contributed by atoms with van der Waals surface area (Å²) in [6.07, 6.45) is 4.30. The summed E-state index contributed by atoms with van der Waals surface area (Å²) in [6, 6.07) is 10.3. The fourth-order valence-corrected chi connectivity index (χ4v) is 4.81. The van der Waals surface area contributed by atoms with E-state index in [2.05, 4.69) is 35.1 Å². The average molecular weight is 388 g/mol. The molecule has 0 saturated heterocycles. The number of nitrogens with one attached hydrogen (secondary N) is 2. The van der Waals surface area contributed by atoms with Crippen LogP contribution in [0.4, 0.5) is 5.69 Å². The van der Waals surface area contributed by atoms with Gasteiger partial charge in [0.25, 0.3) is 0 Å². The Morgan fingerprint density at radius 1 is 1.14 bits per heavy atom. The molecule has 5 heteroatoms. The number of rotatable bonds is 3. The number of ether oxygens (including phenoxy) is 2. The molecule has 2 aromatic carbocycles. The second-order valence-corrected chi connectivity index (χ2v) is 8.56. The molecule has 1 unspecified atom stereocenters. The third kappa shape index (κ3) is 2.36. The first-order valence-electron chi connectivity index (χ1n) is 9.84. The zero-order valence-electron chi connectivity index (χ0n) is 16.9. The van der Waals surface area contributed by atoms with Crippen molar-refractivity contribution in [1.29, 1.82) is 0 Å². The van der Waals surface area contributed by atoms with Gasteiger partial charge in [0, 0.05) is 17.3 Å². The quantitative estimate of drug-likeness (QED) is 0.608. The van der Waals surface area contributed by atoms with E-state index in [9.17, 15) is 4.79 Å². The number of ketones is 1. The van der Waals surface area contributed by atoms with Crippen LogP contribution in [0.3, 0.4) is 0 Å². The van der Waals surface area contributed by atoms with E-state index in [1.54, 1.807) is 0 Å². The molecule has 1 atom stereocenters. The lowest BCUT2D eigenvalue weighted by atomic mass is 9.66. The monoisotopic (exact) mass is 388 g/mol. The van der Waals surface area contributed by atoms with Crippen LogP contribution in [0.25, 0.3) is 22.0 Å². The zero-order valence-corrected chi connectivity index (χ0v) is 16.9.